The fourth-order valence-electron chi connectivity index (χ4n) is 5.75. The molecule has 2 aromatic rings. The Morgan fingerprint density at radius 3 is 2.48 bits per heavy atom. The molecule has 1 aliphatic carbocycles. The zero-order chi connectivity index (χ0) is 32.2. The molecule has 2 fully saturated rings. The SMILES string of the molecule is CC(C)(C)S(=O)(=O)C[C@H](C1CC1)N1C(=O)[C@](C)(CC2NC=C(C(=O)O)S2)O[C@H](c2cccc(Cl)c2)[C@H]1c1ccc(Cl)c(F)c1. The number of nitrogens with one attached hydrogen (secondary N) is 1. The van der Waals surface area contributed by atoms with Gasteiger partial charge >= 0.3 is 5.97 Å². The highest BCUT2D eigenvalue weighted by Gasteiger charge is 2.56. The highest BCUT2D eigenvalue weighted by molar-refractivity contribution is 8.04. The lowest BCUT2D eigenvalue weighted by molar-refractivity contribution is -0.204. The molecule has 2 N–H and O–H groups in total. The zero-order valence-electron chi connectivity index (χ0n) is 24.7. The first-order valence-electron chi connectivity index (χ1n) is 14.3. The van der Waals surface area contributed by atoms with Gasteiger partial charge in [-0.1, -0.05) is 53.2 Å². The first-order valence-corrected chi connectivity index (χ1v) is 17.6. The number of rotatable bonds is 9. The smallest absolute Gasteiger partial charge is 0.343 e. The van der Waals surface area contributed by atoms with Gasteiger partial charge in [0.2, 0.25) is 0 Å². The average molecular weight is 686 g/mol. The molecule has 0 bridgehead atoms. The van der Waals surface area contributed by atoms with E-state index in [0.717, 1.165) is 24.6 Å². The van der Waals surface area contributed by atoms with Gasteiger partial charge in [0.25, 0.3) is 5.91 Å². The second-order valence-corrected chi connectivity index (χ2v) is 17.6. The van der Waals surface area contributed by atoms with Crippen LogP contribution in [0.25, 0.3) is 0 Å². The maximum atomic E-state index is 15.0. The molecule has 2 aromatic carbocycles. The van der Waals surface area contributed by atoms with Crippen molar-refractivity contribution >= 4 is 56.7 Å². The number of morpholine rings is 1. The molecule has 1 unspecified atom stereocenters. The fraction of sp³-hybridized carbons (Fsp3) is 0.484. The average Bonchev–Trinajstić information content (AvgIpc) is 3.67. The number of carbonyl (C=O) groups excluding carboxylic acids is 1. The molecule has 5 atom stereocenters. The standard InChI is InChI=1S/C31H35Cl2FN2O6S2/c1-30(2,3)44(40,41)16-23(17-8-9-17)36-26(18-10-11-21(33)22(34)13-18)27(19-6-5-7-20(32)12-19)42-31(4,29(36)39)14-25-35-15-24(43-25)28(37)38/h5-7,10-13,15,17,23,25-27,35H,8-9,14,16H2,1-4H3,(H,37,38)/t23-,25?,26-,27-,31+/m1/s1. The van der Waals surface area contributed by atoms with E-state index in [1.165, 1.54) is 18.3 Å². The number of carboxylic acids is 1. The Morgan fingerprint density at radius 1 is 1.20 bits per heavy atom. The largest absolute Gasteiger partial charge is 0.477 e. The van der Waals surface area contributed by atoms with Gasteiger partial charge in [-0.05, 0) is 81.8 Å². The van der Waals surface area contributed by atoms with Crippen molar-refractivity contribution in [2.45, 2.75) is 80.9 Å². The van der Waals surface area contributed by atoms with Crippen molar-refractivity contribution in [3.63, 3.8) is 0 Å². The quantitative estimate of drug-likeness (QED) is 0.308. The normalized spacial score (nSPS) is 26.7. The summed E-state index contributed by atoms with van der Waals surface area (Å²) >= 11 is 13.5. The third kappa shape index (κ3) is 6.63. The van der Waals surface area contributed by atoms with Gasteiger partial charge < -0.3 is 20.1 Å². The molecule has 1 amide bonds. The monoisotopic (exact) mass is 684 g/mol. The molecule has 0 spiro atoms. The van der Waals surface area contributed by atoms with Crippen LogP contribution in [-0.2, 0) is 24.2 Å². The summed E-state index contributed by atoms with van der Waals surface area (Å²) in [6, 6.07) is 9.62. The van der Waals surface area contributed by atoms with Crippen LogP contribution < -0.4 is 5.32 Å². The minimum absolute atomic E-state index is 0.0719. The number of hydrogen-bond acceptors (Lipinski definition) is 7. The van der Waals surface area contributed by atoms with Gasteiger partial charge in [-0.3, -0.25) is 4.79 Å². The van der Waals surface area contributed by atoms with Gasteiger partial charge in [0.1, 0.15) is 22.4 Å². The summed E-state index contributed by atoms with van der Waals surface area (Å²) in [5.74, 6) is -2.59. The van der Waals surface area contributed by atoms with E-state index >= 15 is 4.39 Å². The summed E-state index contributed by atoms with van der Waals surface area (Å²) in [5, 5.41) is 12.3. The summed E-state index contributed by atoms with van der Waals surface area (Å²) in [6.07, 6.45) is 2.06. The van der Waals surface area contributed by atoms with Crippen LogP contribution in [0.1, 0.15) is 70.2 Å². The molecule has 238 valence electrons. The number of halogens is 3. The molecule has 44 heavy (non-hydrogen) atoms. The van der Waals surface area contributed by atoms with E-state index in [4.69, 9.17) is 27.9 Å². The Hall–Kier alpha value is -2.31. The van der Waals surface area contributed by atoms with Crippen molar-refractivity contribution in [2.75, 3.05) is 5.75 Å². The third-order valence-corrected chi connectivity index (χ3v) is 12.7. The molecule has 1 saturated carbocycles. The topological polar surface area (TPSA) is 113 Å². The lowest BCUT2D eigenvalue weighted by Crippen LogP contribution is -2.63. The highest BCUT2D eigenvalue weighted by Crippen LogP contribution is 2.52. The number of sulfone groups is 1. The second-order valence-electron chi connectivity index (χ2n) is 12.7. The lowest BCUT2D eigenvalue weighted by Gasteiger charge is -2.52. The van der Waals surface area contributed by atoms with Gasteiger partial charge in [0.05, 0.1) is 26.9 Å². The van der Waals surface area contributed by atoms with Crippen LogP contribution >= 0.6 is 35.0 Å². The number of aliphatic carboxylic acids is 1. The number of carboxylic acid groups (broad SMARTS) is 1. The molecule has 13 heteroatoms. The Balaban J connectivity index is 1.67. The first-order chi connectivity index (χ1) is 20.5. The molecular formula is C31H35Cl2FN2O6S2. The second kappa shape index (κ2) is 12.1. The molecule has 0 radical (unpaired) electrons. The van der Waals surface area contributed by atoms with Crippen LogP contribution in [0, 0.1) is 11.7 Å². The molecule has 0 aromatic heterocycles. The molecular weight excluding hydrogens is 650 g/mol. The minimum atomic E-state index is -3.70. The van der Waals surface area contributed by atoms with Gasteiger partial charge in [0, 0.05) is 23.7 Å². The van der Waals surface area contributed by atoms with E-state index in [2.05, 4.69) is 5.32 Å². The predicted octanol–water partition coefficient (Wildman–Crippen LogP) is 6.50. The maximum absolute atomic E-state index is 15.0. The highest BCUT2D eigenvalue weighted by atomic mass is 35.5. The van der Waals surface area contributed by atoms with Crippen LogP contribution in [0.3, 0.4) is 0 Å². The Morgan fingerprint density at radius 2 is 1.91 bits per heavy atom. The van der Waals surface area contributed by atoms with Crippen LogP contribution in [0.2, 0.25) is 10.0 Å². The molecule has 5 rings (SSSR count). The van der Waals surface area contributed by atoms with Crippen LogP contribution in [-0.4, -0.2) is 57.8 Å². The van der Waals surface area contributed by atoms with Gasteiger partial charge in [-0.15, -0.1) is 0 Å². The number of carbonyl (C=O) groups is 2. The van der Waals surface area contributed by atoms with E-state index in [1.807, 2.05) is 0 Å². The predicted molar refractivity (Wildman–Crippen MR) is 170 cm³/mol. The van der Waals surface area contributed by atoms with Crippen molar-refractivity contribution in [1.82, 2.24) is 10.2 Å². The summed E-state index contributed by atoms with van der Waals surface area (Å²) in [6.45, 7) is 6.54. The summed E-state index contributed by atoms with van der Waals surface area (Å²) < 4.78 is 48.0. The van der Waals surface area contributed by atoms with Crippen molar-refractivity contribution in [2.24, 2.45) is 5.92 Å². The number of ether oxygens (including phenoxy) is 1. The molecule has 8 nitrogen and oxygen atoms in total. The molecule has 1 saturated heterocycles. The fourth-order valence-corrected chi connectivity index (χ4v) is 8.53. The lowest BCUT2D eigenvalue weighted by atomic mass is 9.85. The number of thioether (sulfide) groups is 1. The summed E-state index contributed by atoms with van der Waals surface area (Å²) in [7, 11) is -3.70. The van der Waals surface area contributed by atoms with E-state index < -0.39 is 61.4 Å². The van der Waals surface area contributed by atoms with Crippen molar-refractivity contribution in [3.8, 4) is 0 Å². The summed E-state index contributed by atoms with van der Waals surface area (Å²) in [5.41, 5.74) is -0.500. The minimum Gasteiger partial charge on any atom is -0.477 e. The van der Waals surface area contributed by atoms with E-state index in [1.54, 1.807) is 62.9 Å². The van der Waals surface area contributed by atoms with E-state index in [0.29, 0.717) is 16.1 Å². The number of amides is 1. The maximum Gasteiger partial charge on any atom is 0.343 e. The first kappa shape index (κ1) is 33.1. The number of nitrogens with zero attached hydrogens (tertiary/aromatic N) is 1. The van der Waals surface area contributed by atoms with E-state index in [-0.39, 0.29) is 28.0 Å². The van der Waals surface area contributed by atoms with Gasteiger partial charge in [0.15, 0.2) is 9.84 Å². The number of hydrogen-bond donors (Lipinski definition) is 2. The van der Waals surface area contributed by atoms with Crippen LogP contribution in [0.15, 0.2) is 53.6 Å². The summed E-state index contributed by atoms with van der Waals surface area (Å²) in [4.78, 5) is 28.1. The Kier molecular flexibility index (Phi) is 9.12. The van der Waals surface area contributed by atoms with Gasteiger partial charge in [-0.2, -0.15) is 0 Å². The molecule has 2 aliphatic heterocycles. The van der Waals surface area contributed by atoms with E-state index in [9.17, 15) is 23.1 Å². The Labute approximate surface area is 271 Å². The zero-order valence-corrected chi connectivity index (χ0v) is 27.9. The molecule has 3 aliphatic rings. The third-order valence-electron chi connectivity index (χ3n) is 8.42. The van der Waals surface area contributed by atoms with Gasteiger partial charge in [-0.25, -0.2) is 17.6 Å². The van der Waals surface area contributed by atoms with Crippen LogP contribution in [0.4, 0.5) is 4.39 Å². The Bertz CT molecular complexity index is 1610. The number of benzene rings is 2. The van der Waals surface area contributed by atoms with Crippen molar-refractivity contribution < 1.29 is 32.2 Å². The van der Waals surface area contributed by atoms with Crippen LogP contribution in [0.5, 0.6) is 0 Å². The molecule has 2 heterocycles. The van der Waals surface area contributed by atoms with Crippen molar-refractivity contribution in [1.29, 1.82) is 0 Å². The van der Waals surface area contributed by atoms with Crippen molar-refractivity contribution in [3.05, 3.63) is 80.6 Å².